The second kappa shape index (κ2) is 6.17. The first-order valence-electron chi connectivity index (χ1n) is 6.41. The van der Waals surface area contributed by atoms with E-state index in [1.54, 1.807) is 0 Å². The number of benzene rings is 1. The molecule has 1 N–H and O–H groups in total. The molecular formula is C14H18ClN3O. The van der Waals surface area contributed by atoms with Gasteiger partial charge in [-0.3, -0.25) is 0 Å². The third-order valence-electron chi connectivity index (χ3n) is 3.18. The Hall–Kier alpha value is -1.39. The van der Waals surface area contributed by atoms with Crippen LogP contribution in [0.3, 0.4) is 0 Å². The molecule has 0 unspecified atom stereocenters. The van der Waals surface area contributed by atoms with Crippen molar-refractivity contribution in [3.05, 3.63) is 35.7 Å². The summed E-state index contributed by atoms with van der Waals surface area (Å²) in [4.78, 5) is 4.39. The summed E-state index contributed by atoms with van der Waals surface area (Å²) in [6.45, 7) is 3.78. The van der Waals surface area contributed by atoms with Crippen LogP contribution in [0.25, 0.3) is 11.4 Å². The second-order valence-corrected chi connectivity index (χ2v) is 4.95. The molecule has 19 heavy (non-hydrogen) atoms. The lowest BCUT2D eigenvalue weighted by molar-refractivity contribution is 0.367. The number of rotatable bonds is 5. The molecule has 102 valence electrons. The zero-order chi connectivity index (χ0) is 12.4. The lowest BCUT2D eigenvalue weighted by Crippen LogP contribution is -2.16. The van der Waals surface area contributed by atoms with E-state index < -0.39 is 0 Å². The standard InChI is InChI=1S/C14H17N3O.ClH/c1-10-2-6-12(7-3-10)14-16-13(18-17-14)9-15-8-11-4-5-11;/h2-3,6-7,11,15H,4-5,8-9H2,1H3;1H. The largest absolute Gasteiger partial charge is 0.338 e. The van der Waals surface area contributed by atoms with E-state index in [-0.39, 0.29) is 12.4 Å². The Morgan fingerprint density at radius 2 is 2.00 bits per heavy atom. The first kappa shape index (κ1) is 14.0. The molecule has 1 aliphatic carbocycles. The molecule has 0 atom stereocenters. The quantitative estimate of drug-likeness (QED) is 0.914. The number of aromatic nitrogens is 2. The van der Waals surface area contributed by atoms with Gasteiger partial charge in [0, 0.05) is 5.56 Å². The van der Waals surface area contributed by atoms with Crippen LogP contribution in [0.5, 0.6) is 0 Å². The molecule has 0 spiro atoms. The lowest BCUT2D eigenvalue weighted by atomic mass is 10.1. The van der Waals surface area contributed by atoms with Crippen molar-refractivity contribution in [2.75, 3.05) is 6.54 Å². The highest BCUT2D eigenvalue weighted by Crippen LogP contribution is 2.27. The van der Waals surface area contributed by atoms with Crippen molar-refractivity contribution < 1.29 is 4.52 Å². The molecule has 4 nitrogen and oxygen atoms in total. The molecule has 1 aromatic carbocycles. The topological polar surface area (TPSA) is 51.0 Å². The Kier molecular flexibility index (Phi) is 4.56. The Labute approximate surface area is 119 Å². The van der Waals surface area contributed by atoms with Crippen molar-refractivity contribution in [2.45, 2.75) is 26.3 Å². The van der Waals surface area contributed by atoms with E-state index in [1.165, 1.54) is 18.4 Å². The predicted octanol–water partition coefficient (Wildman–Crippen LogP) is 2.97. The zero-order valence-electron chi connectivity index (χ0n) is 10.9. The van der Waals surface area contributed by atoms with Gasteiger partial charge in [-0.05, 0) is 32.2 Å². The molecule has 1 fully saturated rings. The summed E-state index contributed by atoms with van der Waals surface area (Å²) in [5.74, 6) is 2.19. The number of nitrogens with one attached hydrogen (secondary N) is 1. The van der Waals surface area contributed by atoms with Crippen LogP contribution in [0.1, 0.15) is 24.3 Å². The molecular weight excluding hydrogens is 262 g/mol. The van der Waals surface area contributed by atoms with Gasteiger partial charge in [-0.2, -0.15) is 4.98 Å². The number of hydrogen-bond acceptors (Lipinski definition) is 4. The normalized spacial score (nSPS) is 14.2. The monoisotopic (exact) mass is 279 g/mol. The maximum atomic E-state index is 5.23. The van der Waals surface area contributed by atoms with Crippen LogP contribution >= 0.6 is 12.4 Å². The van der Waals surface area contributed by atoms with Crippen molar-refractivity contribution in [1.82, 2.24) is 15.5 Å². The fourth-order valence-electron chi connectivity index (χ4n) is 1.85. The van der Waals surface area contributed by atoms with Gasteiger partial charge < -0.3 is 9.84 Å². The average Bonchev–Trinajstić information content (AvgIpc) is 3.08. The molecule has 1 heterocycles. The minimum Gasteiger partial charge on any atom is -0.338 e. The van der Waals surface area contributed by atoms with Gasteiger partial charge in [-0.1, -0.05) is 35.0 Å². The van der Waals surface area contributed by atoms with Crippen molar-refractivity contribution in [3.63, 3.8) is 0 Å². The van der Waals surface area contributed by atoms with E-state index in [0.717, 1.165) is 18.0 Å². The number of nitrogens with zero attached hydrogens (tertiary/aromatic N) is 2. The Bertz CT molecular complexity index is 520. The van der Waals surface area contributed by atoms with Crippen LogP contribution in [0.15, 0.2) is 28.8 Å². The summed E-state index contributed by atoms with van der Waals surface area (Å²) in [6, 6.07) is 8.14. The molecule has 3 rings (SSSR count). The first-order chi connectivity index (χ1) is 8.81. The second-order valence-electron chi connectivity index (χ2n) is 4.95. The van der Waals surface area contributed by atoms with Crippen molar-refractivity contribution in [3.8, 4) is 11.4 Å². The number of hydrogen-bond donors (Lipinski definition) is 1. The number of aryl methyl sites for hydroxylation is 1. The fraction of sp³-hybridized carbons (Fsp3) is 0.429. The van der Waals surface area contributed by atoms with Gasteiger partial charge in [0.15, 0.2) is 0 Å². The third-order valence-corrected chi connectivity index (χ3v) is 3.18. The molecule has 1 saturated carbocycles. The molecule has 0 amide bonds. The summed E-state index contributed by atoms with van der Waals surface area (Å²) in [7, 11) is 0. The first-order valence-corrected chi connectivity index (χ1v) is 6.41. The van der Waals surface area contributed by atoms with Gasteiger partial charge in [0.2, 0.25) is 11.7 Å². The SMILES string of the molecule is Cc1ccc(-c2noc(CNCC3CC3)n2)cc1.Cl. The highest BCUT2D eigenvalue weighted by Gasteiger charge is 2.20. The fourth-order valence-corrected chi connectivity index (χ4v) is 1.85. The predicted molar refractivity (Wildman–Crippen MR) is 76.1 cm³/mol. The van der Waals surface area contributed by atoms with Crippen LogP contribution in [-0.4, -0.2) is 16.7 Å². The maximum Gasteiger partial charge on any atom is 0.240 e. The van der Waals surface area contributed by atoms with Crippen molar-refractivity contribution >= 4 is 12.4 Å². The number of halogens is 1. The third kappa shape index (κ3) is 3.78. The van der Waals surface area contributed by atoms with Gasteiger partial charge >= 0.3 is 0 Å². The molecule has 0 radical (unpaired) electrons. The lowest BCUT2D eigenvalue weighted by Gasteiger charge is -1.97. The van der Waals surface area contributed by atoms with Gasteiger partial charge in [0.1, 0.15) is 0 Å². The molecule has 5 heteroatoms. The molecule has 1 aromatic heterocycles. The van der Waals surface area contributed by atoms with Gasteiger partial charge in [-0.15, -0.1) is 12.4 Å². The van der Waals surface area contributed by atoms with Gasteiger partial charge in [0.05, 0.1) is 6.54 Å². The summed E-state index contributed by atoms with van der Waals surface area (Å²) in [5, 5.41) is 7.34. The molecule has 0 aliphatic heterocycles. The molecule has 1 aliphatic rings. The van der Waals surface area contributed by atoms with E-state index in [2.05, 4.69) is 34.5 Å². The Morgan fingerprint density at radius 3 is 2.68 bits per heavy atom. The van der Waals surface area contributed by atoms with E-state index in [4.69, 9.17) is 4.52 Å². The summed E-state index contributed by atoms with van der Waals surface area (Å²) >= 11 is 0. The van der Waals surface area contributed by atoms with E-state index >= 15 is 0 Å². The van der Waals surface area contributed by atoms with Crippen molar-refractivity contribution in [1.29, 1.82) is 0 Å². The van der Waals surface area contributed by atoms with E-state index in [0.29, 0.717) is 18.3 Å². The van der Waals surface area contributed by atoms with Crippen LogP contribution < -0.4 is 5.32 Å². The minimum absolute atomic E-state index is 0. The van der Waals surface area contributed by atoms with Gasteiger partial charge in [-0.25, -0.2) is 0 Å². The van der Waals surface area contributed by atoms with Crippen molar-refractivity contribution in [2.24, 2.45) is 5.92 Å². The molecule has 0 bridgehead atoms. The smallest absolute Gasteiger partial charge is 0.240 e. The average molecular weight is 280 g/mol. The highest BCUT2D eigenvalue weighted by molar-refractivity contribution is 5.85. The van der Waals surface area contributed by atoms with E-state index in [1.807, 2.05) is 12.1 Å². The summed E-state index contributed by atoms with van der Waals surface area (Å²) in [5.41, 5.74) is 2.23. The van der Waals surface area contributed by atoms with Crippen LogP contribution in [-0.2, 0) is 6.54 Å². The summed E-state index contributed by atoms with van der Waals surface area (Å²) in [6.07, 6.45) is 2.71. The van der Waals surface area contributed by atoms with Crippen LogP contribution in [0.2, 0.25) is 0 Å². The molecule has 0 saturated heterocycles. The minimum atomic E-state index is 0. The van der Waals surface area contributed by atoms with Crippen LogP contribution in [0, 0.1) is 12.8 Å². The Balaban J connectivity index is 0.00000133. The summed E-state index contributed by atoms with van der Waals surface area (Å²) < 4.78 is 5.23. The Morgan fingerprint density at radius 1 is 1.26 bits per heavy atom. The van der Waals surface area contributed by atoms with Gasteiger partial charge in [0.25, 0.3) is 0 Å². The van der Waals surface area contributed by atoms with E-state index in [9.17, 15) is 0 Å². The maximum absolute atomic E-state index is 5.23. The zero-order valence-corrected chi connectivity index (χ0v) is 11.7. The molecule has 2 aromatic rings. The van der Waals surface area contributed by atoms with Crippen LogP contribution in [0.4, 0.5) is 0 Å². The highest BCUT2D eigenvalue weighted by atomic mass is 35.5.